The number of carbonyl (C=O) groups excluding carboxylic acids is 1. The van der Waals surface area contributed by atoms with Gasteiger partial charge in [0.1, 0.15) is 11.9 Å². The van der Waals surface area contributed by atoms with E-state index in [1.54, 1.807) is 24.4 Å². The fourth-order valence-electron chi connectivity index (χ4n) is 3.89. The number of piperidine rings is 1. The Morgan fingerprint density at radius 3 is 2.67 bits per heavy atom. The van der Waals surface area contributed by atoms with Crippen LogP contribution in [0.1, 0.15) is 35.7 Å². The maximum absolute atomic E-state index is 12.4. The highest BCUT2D eigenvalue weighted by Gasteiger charge is 2.24. The largest absolute Gasteiger partial charge is 0.490 e. The van der Waals surface area contributed by atoms with Crippen molar-refractivity contribution < 1.29 is 24.2 Å². The van der Waals surface area contributed by atoms with Gasteiger partial charge in [-0.25, -0.2) is 9.78 Å². The summed E-state index contributed by atoms with van der Waals surface area (Å²) in [7, 11) is 0. The van der Waals surface area contributed by atoms with Crippen LogP contribution in [-0.2, 0) is 4.79 Å². The highest BCUT2D eigenvalue weighted by atomic mass is 16.5. The number of hydrogen-bond acceptors (Lipinski definition) is 7. The Hall–Kier alpha value is -4.40. The van der Waals surface area contributed by atoms with E-state index in [2.05, 4.69) is 20.2 Å². The number of rotatable bonds is 9. The van der Waals surface area contributed by atoms with Crippen LogP contribution in [0.15, 0.2) is 67.0 Å². The predicted octanol–water partition coefficient (Wildman–Crippen LogP) is 4.27. The third-order valence-corrected chi connectivity index (χ3v) is 5.60. The lowest BCUT2D eigenvalue weighted by Gasteiger charge is -2.33. The average Bonchev–Trinajstić information content (AvgIpc) is 2.89. The van der Waals surface area contributed by atoms with Gasteiger partial charge < -0.3 is 24.8 Å². The van der Waals surface area contributed by atoms with E-state index < -0.39 is 5.97 Å². The van der Waals surface area contributed by atoms with E-state index in [0.29, 0.717) is 30.4 Å². The number of carbonyl (C=O) groups is 2. The van der Waals surface area contributed by atoms with Crippen LogP contribution in [0.4, 0.5) is 11.6 Å². The van der Waals surface area contributed by atoms with Gasteiger partial charge in [0.05, 0.1) is 31.1 Å². The van der Waals surface area contributed by atoms with Crippen molar-refractivity contribution >= 4 is 29.6 Å². The Morgan fingerprint density at radius 2 is 1.92 bits per heavy atom. The average molecular weight is 489 g/mol. The molecule has 0 saturated carbocycles. The van der Waals surface area contributed by atoms with Crippen LogP contribution in [0.5, 0.6) is 11.5 Å². The van der Waals surface area contributed by atoms with Crippen molar-refractivity contribution in [3.05, 3.63) is 78.1 Å². The minimum absolute atomic E-state index is 0.0316. The number of benzene rings is 2. The number of nitrogens with zero attached hydrogens (tertiary/aromatic N) is 3. The molecule has 36 heavy (non-hydrogen) atoms. The Kier molecular flexibility index (Phi) is 8.12. The molecule has 0 spiro atoms. The summed E-state index contributed by atoms with van der Waals surface area (Å²) < 4.78 is 11.9. The molecule has 9 heteroatoms. The smallest absolute Gasteiger partial charge is 0.335 e. The number of aromatic carboxylic acids is 1. The molecule has 3 aromatic rings. The van der Waals surface area contributed by atoms with Crippen molar-refractivity contribution in [1.82, 2.24) is 9.97 Å². The van der Waals surface area contributed by atoms with Crippen LogP contribution >= 0.6 is 0 Å². The van der Waals surface area contributed by atoms with Gasteiger partial charge in [-0.15, -0.1) is 0 Å². The first-order valence-electron chi connectivity index (χ1n) is 11.8. The summed E-state index contributed by atoms with van der Waals surface area (Å²) in [6, 6.07) is 13.9. The maximum atomic E-state index is 12.4. The summed E-state index contributed by atoms with van der Waals surface area (Å²) in [5.41, 5.74) is 0.896. The summed E-state index contributed by atoms with van der Waals surface area (Å²) in [5.74, 6) is 1.09. The van der Waals surface area contributed by atoms with Gasteiger partial charge in [0.2, 0.25) is 5.91 Å². The van der Waals surface area contributed by atoms with Crippen molar-refractivity contribution in [3.63, 3.8) is 0 Å². The summed E-state index contributed by atoms with van der Waals surface area (Å²) >= 11 is 0. The number of hydrogen-bond donors (Lipinski definition) is 2. The van der Waals surface area contributed by atoms with Crippen LogP contribution in [0.25, 0.3) is 6.08 Å². The molecule has 0 aliphatic carbocycles. The molecule has 1 aromatic heterocycles. The van der Waals surface area contributed by atoms with E-state index in [0.717, 1.165) is 30.9 Å². The topological polar surface area (TPSA) is 114 Å². The summed E-state index contributed by atoms with van der Waals surface area (Å²) in [4.78, 5) is 34.2. The second-order valence-electron chi connectivity index (χ2n) is 8.22. The molecule has 4 rings (SSSR count). The zero-order valence-electron chi connectivity index (χ0n) is 20.0. The van der Waals surface area contributed by atoms with Gasteiger partial charge >= 0.3 is 5.97 Å². The van der Waals surface area contributed by atoms with E-state index in [4.69, 9.17) is 14.6 Å². The number of ether oxygens (including phenoxy) is 2. The van der Waals surface area contributed by atoms with Gasteiger partial charge in [-0.2, -0.15) is 0 Å². The van der Waals surface area contributed by atoms with Gasteiger partial charge in [0.15, 0.2) is 17.3 Å². The van der Waals surface area contributed by atoms with Crippen molar-refractivity contribution in [2.45, 2.75) is 25.9 Å². The quantitative estimate of drug-likeness (QED) is 0.429. The minimum atomic E-state index is -0.997. The van der Waals surface area contributed by atoms with Crippen molar-refractivity contribution in [2.75, 3.05) is 29.9 Å². The molecule has 1 aliphatic rings. The summed E-state index contributed by atoms with van der Waals surface area (Å²) in [5, 5.41) is 11.7. The lowest BCUT2D eigenvalue weighted by molar-refractivity contribution is -0.111. The van der Waals surface area contributed by atoms with E-state index in [-0.39, 0.29) is 17.6 Å². The van der Waals surface area contributed by atoms with Crippen LogP contribution in [0, 0.1) is 0 Å². The highest BCUT2D eigenvalue weighted by molar-refractivity contribution is 6.01. The Morgan fingerprint density at radius 1 is 1.14 bits per heavy atom. The number of carboxylic acids is 1. The first kappa shape index (κ1) is 24.7. The number of carboxylic acid groups (broad SMARTS) is 1. The Labute approximate surface area is 209 Å². The number of para-hydroxylation sites is 2. The van der Waals surface area contributed by atoms with Gasteiger partial charge in [-0.05, 0) is 55.7 Å². The molecule has 0 unspecified atom stereocenters. The zero-order chi connectivity index (χ0) is 25.3. The van der Waals surface area contributed by atoms with Crippen molar-refractivity contribution in [1.29, 1.82) is 0 Å². The van der Waals surface area contributed by atoms with Gasteiger partial charge in [0.25, 0.3) is 0 Å². The highest BCUT2D eigenvalue weighted by Crippen LogP contribution is 2.30. The Balaban J connectivity index is 1.37. The van der Waals surface area contributed by atoms with Crippen LogP contribution in [0.3, 0.4) is 0 Å². The van der Waals surface area contributed by atoms with E-state index in [9.17, 15) is 9.59 Å². The molecule has 1 saturated heterocycles. The maximum Gasteiger partial charge on any atom is 0.335 e. The summed E-state index contributed by atoms with van der Waals surface area (Å²) in [6.07, 6.45) is 7.95. The zero-order valence-corrected chi connectivity index (χ0v) is 20.0. The van der Waals surface area contributed by atoms with Crippen LogP contribution in [0.2, 0.25) is 0 Å². The molecular formula is C27H28N4O5. The summed E-state index contributed by atoms with van der Waals surface area (Å²) in [6.45, 7) is 3.96. The lowest BCUT2D eigenvalue weighted by atomic mass is 10.1. The number of anilines is 2. The molecule has 1 atom stereocenters. The fraction of sp³-hybridized carbons (Fsp3) is 0.259. The van der Waals surface area contributed by atoms with Gasteiger partial charge in [0, 0.05) is 12.6 Å². The van der Waals surface area contributed by atoms with E-state index in [1.165, 1.54) is 24.4 Å². The molecule has 0 radical (unpaired) electrons. The second kappa shape index (κ2) is 11.8. The van der Waals surface area contributed by atoms with Gasteiger partial charge in [-0.1, -0.05) is 24.3 Å². The third-order valence-electron chi connectivity index (χ3n) is 5.60. The first-order chi connectivity index (χ1) is 17.5. The van der Waals surface area contributed by atoms with Crippen molar-refractivity contribution in [3.8, 4) is 11.5 Å². The lowest BCUT2D eigenvalue weighted by Crippen LogP contribution is -2.41. The third kappa shape index (κ3) is 6.59. The molecule has 186 valence electrons. The van der Waals surface area contributed by atoms with Crippen LogP contribution in [-0.4, -0.2) is 52.8 Å². The van der Waals surface area contributed by atoms with E-state index >= 15 is 0 Å². The molecule has 2 N–H and O–H groups in total. The van der Waals surface area contributed by atoms with Gasteiger partial charge in [-0.3, -0.25) is 9.78 Å². The number of nitrogens with one attached hydrogen (secondary N) is 1. The van der Waals surface area contributed by atoms with Crippen LogP contribution < -0.4 is 19.7 Å². The molecule has 2 aromatic carbocycles. The fourth-order valence-corrected chi connectivity index (χ4v) is 3.89. The Bertz CT molecular complexity index is 1230. The number of amides is 1. The molecule has 2 heterocycles. The molecule has 1 fully saturated rings. The monoisotopic (exact) mass is 488 g/mol. The van der Waals surface area contributed by atoms with E-state index in [1.807, 2.05) is 31.2 Å². The molecule has 1 amide bonds. The minimum Gasteiger partial charge on any atom is -0.490 e. The second-order valence-corrected chi connectivity index (χ2v) is 8.22. The normalized spacial score (nSPS) is 15.5. The molecule has 9 nitrogen and oxygen atoms in total. The SMILES string of the molecule is CCOc1ccccc1O[C@@H]1CCCN(c2cncc(NC(=O)/C=C/c3ccc(C(=O)O)cc3)n2)C1. The molecule has 1 aliphatic heterocycles. The molecule has 0 bridgehead atoms. The number of aromatic nitrogens is 2. The predicted molar refractivity (Wildman–Crippen MR) is 137 cm³/mol. The molecular weight excluding hydrogens is 460 g/mol. The first-order valence-corrected chi connectivity index (χ1v) is 11.8. The van der Waals surface area contributed by atoms with Crippen molar-refractivity contribution in [2.24, 2.45) is 0 Å². The standard InChI is InChI=1S/C27H28N4O5/c1-2-35-22-7-3-4-8-23(22)36-21-6-5-15-31(18-21)25-17-28-16-24(29-25)30-26(32)14-11-19-9-12-20(13-10-19)27(33)34/h3-4,7-14,16-17,21H,2,5-6,15,18H2,1H3,(H,33,34)(H,29,30,32)/b14-11+/t21-/m1/s1.